The molecule has 1 aromatic carbocycles. The monoisotopic (exact) mass is 426 g/mol. The third-order valence-corrected chi connectivity index (χ3v) is 7.75. The van der Waals surface area contributed by atoms with Crippen LogP contribution in [0, 0.1) is 0 Å². The van der Waals surface area contributed by atoms with Gasteiger partial charge in [0, 0.05) is 44.0 Å². The van der Waals surface area contributed by atoms with Crippen molar-refractivity contribution < 1.29 is 18.0 Å². The third kappa shape index (κ3) is 4.00. The number of hydrogen-bond donors (Lipinski definition) is 1. The minimum Gasteiger partial charge on any atom is -0.313 e. The molecule has 1 aliphatic rings. The average Bonchev–Trinajstić information content (AvgIpc) is 3.11. The van der Waals surface area contributed by atoms with Crippen molar-refractivity contribution in [2.75, 3.05) is 31.4 Å². The minimum absolute atomic E-state index is 0.00457. The highest BCUT2D eigenvalue weighted by molar-refractivity contribution is 8.01. The fraction of sp³-hybridized carbons (Fsp3) is 0.312. The van der Waals surface area contributed by atoms with Crippen molar-refractivity contribution in [3.63, 3.8) is 0 Å². The number of benzene rings is 1. The van der Waals surface area contributed by atoms with Crippen LogP contribution in [-0.2, 0) is 19.6 Å². The number of nitrogens with one attached hydrogen (secondary N) is 1. The van der Waals surface area contributed by atoms with E-state index in [4.69, 9.17) is 0 Å². The number of rotatable bonds is 5. The molecule has 3 rings (SSSR count). The van der Waals surface area contributed by atoms with Crippen molar-refractivity contribution in [3.05, 3.63) is 29.8 Å². The Morgan fingerprint density at radius 3 is 2.74 bits per heavy atom. The van der Waals surface area contributed by atoms with Gasteiger partial charge in [0.25, 0.3) is 0 Å². The van der Waals surface area contributed by atoms with Crippen molar-refractivity contribution >= 4 is 55.8 Å². The number of amides is 2. The highest BCUT2D eigenvalue weighted by Gasteiger charge is 2.34. The van der Waals surface area contributed by atoms with Crippen molar-refractivity contribution in [2.45, 2.75) is 21.5 Å². The maximum atomic E-state index is 12.7. The molecule has 1 N–H and O–H groups in total. The molecule has 2 aromatic rings. The first kappa shape index (κ1) is 19.8. The van der Waals surface area contributed by atoms with E-state index in [-0.39, 0.29) is 23.1 Å². The van der Waals surface area contributed by atoms with Gasteiger partial charge in [0.15, 0.2) is 5.13 Å². The molecule has 2 amide bonds. The van der Waals surface area contributed by atoms with Gasteiger partial charge in [-0.05, 0) is 18.2 Å². The van der Waals surface area contributed by atoms with E-state index >= 15 is 0 Å². The Balaban J connectivity index is 1.81. The number of aromatic nitrogens is 1. The summed E-state index contributed by atoms with van der Waals surface area (Å²) in [5, 5.41) is 4.32. The lowest BCUT2D eigenvalue weighted by molar-refractivity contribution is -0.122. The average molecular weight is 427 g/mol. The first-order chi connectivity index (χ1) is 12.7. The van der Waals surface area contributed by atoms with E-state index in [0.717, 1.165) is 9.20 Å². The largest absolute Gasteiger partial charge is 0.313 e. The summed E-state index contributed by atoms with van der Waals surface area (Å²) in [4.78, 5) is 31.1. The lowest BCUT2D eigenvalue weighted by Gasteiger charge is -2.31. The van der Waals surface area contributed by atoms with Gasteiger partial charge in [0.1, 0.15) is 0 Å². The molecule has 0 saturated heterocycles. The van der Waals surface area contributed by atoms with Crippen LogP contribution in [0.5, 0.6) is 0 Å². The molecule has 8 nitrogen and oxygen atoms in total. The van der Waals surface area contributed by atoms with Gasteiger partial charge in [-0.25, -0.2) is 17.7 Å². The lowest BCUT2D eigenvalue weighted by atomic mass is 10.2. The predicted molar refractivity (Wildman–Crippen MR) is 106 cm³/mol. The molecule has 11 heteroatoms. The number of sulfonamides is 1. The van der Waals surface area contributed by atoms with Gasteiger partial charge in [-0.15, -0.1) is 23.1 Å². The van der Waals surface area contributed by atoms with E-state index in [0.29, 0.717) is 10.8 Å². The molecule has 1 unspecified atom stereocenters. The van der Waals surface area contributed by atoms with E-state index < -0.39 is 15.3 Å². The van der Waals surface area contributed by atoms with Crippen LogP contribution in [0.3, 0.4) is 0 Å². The van der Waals surface area contributed by atoms with Gasteiger partial charge in [-0.1, -0.05) is 0 Å². The normalized spacial score (nSPS) is 17.1. The molecule has 0 radical (unpaired) electrons. The van der Waals surface area contributed by atoms with E-state index in [2.05, 4.69) is 10.3 Å². The summed E-state index contributed by atoms with van der Waals surface area (Å²) in [6, 6.07) is 4.67. The van der Waals surface area contributed by atoms with E-state index in [1.807, 2.05) is 0 Å². The Morgan fingerprint density at radius 1 is 1.37 bits per heavy atom. The topological polar surface area (TPSA) is 99.7 Å². The molecule has 0 bridgehead atoms. The second-order valence-corrected chi connectivity index (χ2v) is 10.3. The lowest BCUT2D eigenvalue weighted by Crippen LogP contribution is -2.40. The van der Waals surface area contributed by atoms with Crippen LogP contribution in [0.2, 0.25) is 0 Å². The Morgan fingerprint density at radius 2 is 2.11 bits per heavy atom. The quantitative estimate of drug-likeness (QED) is 0.783. The van der Waals surface area contributed by atoms with Crippen LogP contribution in [0.4, 0.5) is 10.8 Å². The smallest absolute Gasteiger partial charge is 0.242 e. The Labute approximate surface area is 165 Å². The molecule has 0 aliphatic carbocycles. The zero-order chi connectivity index (χ0) is 19.8. The van der Waals surface area contributed by atoms with E-state index in [9.17, 15) is 18.0 Å². The van der Waals surface area contributed by atoms with Gasteiger partial charge >= 0.3 is 0 Å². The summed E-state index contributed by atoms with van der Waals surface area (Å²) in [5.74, 6) is -0.541. The van der Waals surface area contributed by atoms with Crippen LogP contribution < -0.4 is 10.2 Å². The number of carbonyl (C=O) groups is 2. The van der Waals surface area contributed by atoms with Crippen molar-refractivity contribution in [3.8, 4) is 0 Å². The van der Waals surface area contributed by atoms with Crippen LogP contribution >= 0.6 is 23.1 Å². The Bertz CT molecular complexity index is 974. The van der Waals surface area contributed by atoms with E-state index in [1.165, 1.54) is 54.2 Å². The number of fused-ring (bicyclic) bond motifs is 1. The van der Waals surface area contributed by atoms with Crippen LogP contribution in [0.15, 0.2) is 39.6 Å². The Hall–Kier alpha value is -1.95. The number of thioether (sulfide) groups is 1. The highest BCUT2D eigenvalue weighted by Crippen LogP contribution is 2.41. The molecular weight excluding hydrogens is 408 g/mol. The first-order valence-corrected chi connectivity index (χ1v) is 11.1. The fourth-order valence-corrected chi connectivity index (χ4v) is 5.25. The summed E-state index contributed by atoms with van der Waals surface area (Å²) in [6.45, 7) is 0. The molecule has 0 saturated carbocycles. The zero-order valence-electron chi connectivity index (χ0n) is 14.9. The maximum absolute atomic E-state index is 12.7. The summed E-state index contributed by atoms with van der Waals surface area (Å²) < 4.78 is 25.8. The molecule has 27 heavy (non-hydrogen) atoms. The third-order valence-electron chi connectivity index (χ3n) is 4.00. The second kappa shape index (κ2) is 7.58. The molecule has 0 spiro atoms. The SMILES string of the molecule is CN1C(=O)C(CC(=O)Nc2nccs2)Sc2ccc(S(=O)(=O)N(C)C)cc21. The summed E-state index contributed by atoms with van der Waals surface area (Å²) in [6.07, 6.45) is 1.59. The summed E-state index contributed by atoms with van der Waals surface area (Å²) >= 11 is 2.56. The molecule has 1 aromatic heterocycles. The highest BCUT2D eigenvalue weighted by atomic mass is 32.2. The summed E-state index contributed by atoms with van der Waals surface area (Å²) in [7, 11) is 0.893. The van der Waals surface area contributed by atoms with Gasteiger partial charge in [-0.3, -0.25) is 9.59 Å². The van der Waals surface area contributed by atoms with E-state index in [1.54, 1.807) is 24.7 Å². The second-order valence-electron chi connectivity index (χ2n) is 6.01. The number of anilines is 2. The molecule has 144 valence electrons. The van der Waals surface area contributed by atoms with Gasteiger partial charge in [0.2, 0.25) is 21.8 Å². The number of thiazole rings is 1. The molecule has 2 heterocycles. The van der Waals surface area contributed by atoms with Crippen LogP contribution in [-0.4, -0.2) is 55.9 Å². The van der Waals surface area contributed by atoms with Crippen molar-refractivity contribution in [2.24, 2.45) is 0 Å². The standard InChI is InChI=1S/C16H18N4O4S3/c1-19(2)27(23,24)10-4-5-12-11(8-10)20(3)15(22)13(26-12)9-14(21)18-16-17-6-7-25-16/h4-8,13H,9H2,1-3H3,(H,17,18,21). The number of carbonyl (C=O) groups excluding carboxylic acids is 2. The Kier molecular flexibility index (Phi) is 5.56. The number of hydrogen-bond acceptors (Lipinski definition) is 7. The number of nitrogens with zero attached hydrogens (tertiary/aromatic N) is 3. The van der Waals surface area contributed by atoms with Gasteiger partial charge < -0.3 is 10.2 Å². The predicted octanol–water partition coefficient (Wildman–Crippen LogP) is 1.86. The van der Waals surface area contributed by atoms with Crippen molar-refractivity contribution in [1.82, 2.24) is 9.29 Å². The first-order valence-electron chi connectivity index (χ1n) is 7.90. The zero-order valence-corrected chi connectivity index (χ0v) is 17.3. The van der Waals surface area contributed by atoms with Crippen LogP contribution in [0.25, 0.3) is 0 Å². The molecule has 0 fully saturated rings. The van der Waals surface area contributed by atoms with Crippen LogP contribution in [0.1, 0.15) is 6.42 Å². The minimum atomic E-state index is -3.60. The molecular formula is C16H18N4O4S3. The molecule has 1 atom stereocenters. The van der Waals surface area contributed by atoms with Gasteiger partial charge in [0.05, 0.1) is 15.8 Å². The maximum Gasteiger partial charge on any atom is 0.242 e. The molecule has 1 aliphatic heterocycles. The van der Waals surface area contributed by atoms with Gasteiger partial charge in [-0.2, -0.15) is 0 Å². The van der Waals surface area contributed by atoms with Crippen molar-refractivity contribution in [1.29, 1.82) is 0 Å². The fourth-order valence-electron chi connectivity index (χ4n) is 2.52. The summed E-state index contributed by atoms with van der Waals surface area (Å²) in [5.41, 5.74) is 0.518.